The molecule has 1 unspecified atom stereocenters. The first-order valence-electron chi connectivity index (χ1n) is 7.31. The first kappa shape index (κ1) is 16.0. The van der Waals surface area contributed by atoms with E-state index >= 15 is 0 Å². The first-order valence-corrected chi connectivity index (χ1v) is 8.12. The number of methoxy groups -OCH3 is 1. The van der Waals surface area contributed by atoms with Gasteiger partial charge in [0.15, 0.2) is 0 Å². The average molecular weight is 304 g/mol. The molecule has 2 aromatic rings. The standard InChI is InChI=1S/C17H24N2OS/c1-6-15-12(2)21-16(19-15)17(3,18-4)11-13-7-9-14(20-5)10-8-13/h7-10,18H,6,11H2,1-5H3. The van der Waals surface area contributed by atoms with Crippen molar-refractivity contribution in [2.24, 2.45) is 0 Å². The largest absolute Gasteiger partial charge is 0.497 e. The highest BCUT2D eigenvalue weighted by Gasteiger charge is 2.29. The van der Waals surface area contributed by atoms with E-state index in [0.717, 1.165) is 23.6 Å². The molecule has 0 radical (unpaired) electrons. The summed E-state index contributed by atoms with van der Waals surface area (Å²) >= 11 is 1.80. The van der Waals surface area contributed by atoms with Crippen LogP contribution in [0.25, 0.3) is 0 Å². The number of hydrogen-bond donors (Lipinski definition) is 1. The zero-order chi connectivity index (χ0) is 15.5. The van der Waals surface area contributed by atoms with Gasteiger partial charge in [-0.25, -0.2) is 4.98 Å². The molecule has 1 atom stereocenters. The molecule has 21 heavy (non-hydrogen) atoms. The van der Waals surface area contributed by atoms with Crippen LogP contribution in [0.3, 0.4) is 0 Å². The fraction of sp³-hybridized carbons (Fsp3) is 0.471. The van der Waals surface area contributed by atoms with Crippen LogP contribution in [0.2, 0.25) is 0 Å². The van der Waals surface area contributed by atoms with E-state index in [4.69, 9.17) is 9.72 Å². The molecule has 1 N–H and O–H groups in total. The second-order valence-electron chi connectivity index (χ2n) is 5.48. The van der Waals surface area contributed by atoms with Crippen molar-refractivity contribution in [3.8, 4) is 5.75 Å². The quantitative estimate of drug-likeness (QED) is 0.883. The minimum Gasteiger partial charge on any atom is -0.497 e. The number of likely N-dealkylation sites (N-methyl/N-ethyl adjacent to an activating group) is 1. The van der Waals surface area contributed by atoms with Gasteiger partial charge in [-0.2, -0.15) is 0 Å². The van der Waals surface area contributed by atoms with E-state index in [-0.39, 0.29) is 5.54 Å². The van der Waals surface area contributed by atoms with Crippen molar-refractivity contribution < 1.29 is 4.74 Å². The fourth-order valence-electron chi connectivity index (χ4n) is 2.41. The Labute approximate surface area is 131 Å². The molecule has 0 spiro atoms. The second kappa shape index (κ2) is 6.58. The van der Waals surface area contributed by atoms with Crippen LogP contribution in [0, 0.1) is 6.92 Å². The van der Waals surface area contributed by atoms with E-state index in [9.17, 15) is 0 Å². The van der Waals surface area contributed by atoms with E-state index in [0.29, 0.717) is 0 Å². The highest BCUT2D eigenvalue weighted by molar-refractivity contribution is 7.11. The van der Waals surface area contributed by atoms with Gasteiger partial charge in [-0.15, -0.1) is 11.3 Å². The molecule has 0 saturated carbocycles. The summed E-state index contributed by atoms with van der Waals surface area (Å²) in [5.74, 6) is 0.892. The van der Waals surface area contributed by atoms with Gasteiger partial charge < -0.3 is 10.1 Å². The molecule has 4 heteroatoms. The molecule has 0 bridgehead atoms. The van der Waals surface area contributed by atoms with Crippen LogP contribution >= 0.6 is 11.3 Å². The third-order valence-corrected chi connectivity index (χ3v) is 5.25. The molecular formula is C17H24N2OS. The van der Waals surface area contributed by atoms with E-state index in [1.165, 1.54) is 16.1 Å². The van der Waals surface area contributed by atoms with E-state index < -0.39 is 0 Å². The summed E-state index contributed by atoms with van der Waals surface area (Å²) in [6, 6.07) is 8.26. The van der Waals surface area contributed by atoms with E-state index in [1.54, 1.807) is 18.4 Å². The predicted octanol–water partition coefficient (Wildman–Crippen LogP) is 3.70. The molecule has 0 aliphatic carbocycles. The number of nitrogens with one attached hydrogen (secondary N) is 1. The van der Waals surface area contributed by atoms with Crippen LogP contribution in [-0.2, 0) is 18.4 Å². The van der Waals surface area contributed by atoms with Gasteiger partial charge in [0.1, 0.15) is 10.8 Å². The molecule has 0 fully saturated rings. The van der Waals surface area contributed by atoms with Crippen LogP contribution < -0.4 is 10.1 Å². The Morgan fingerprint density at radius 2 is 1.95 bits per heavy atom. The zero-order valence-corrected chi connectivity index (χ0v) is 14.3. The number of nitrogens with zero attached hydrogens (tertiary/aromatic N) is 1. The number of aromatic nitrogens is 1. The van der Waals surface area contributed by atoms with Crippen molar-refractivity contribution in [1.82, 2.24) is 10.3 Å². The molecule has 2 rings (SSSR count). The second-order valence-corrected chi connectivity index (χ2v) is 6.69. The molecule has 1 aromatic carbocycles. The third kappa shape index (κ3) is 3.44. The van der Waals surface area contributed by atoms with Crippen LogP contribution in [-0.4, -0.2) is 19.1 Å². The molecule has 0 aliphatic heterocycles. The molecule has 0 saturated heterocycles. The Bertz CT molecular complexity index is 591. The summed E-state index contributed by atoms with van der Waals surface area (Å²) in [6.07, 6.45) is 1.90. The average Bonchev–Trinajstić information content (AvgIpc) is 2.89. The molecule has 3 nitrogen and oxygen atoms in total. The topological polar surface area (TPSA) is 34.1 Å². The van der Waals surface area contributed by atoms with Gasteiger partial charge >= 0.3 is 0 Å². The normalized spacial score (nSPS) is 14.0. The SMILES string of the molecule is CCc1nc(C(C)(Cc2ccc(OC)cc2)NC)sc1C. The Kier molecular flexibility index (Phi) is 5.01. The van der Waals surface area contributed by atoms with E-state index in [1.807, 2.05) is 19.2 Å². The number of benzene rings is 1. The summed E-state index contributed by atoms with van der Waals surface area (Å²) in [7, 11) is 3.70. The lowest BCUT2D eigenvalue weighted by atomic mass is 9.93. The monoisotopic (exact) mass is 304 g/mol. The van der Waals surface area contributed by atoms with Crippen LogP contribution in [0.15, 0.2) is 24.3 Å². The lowest BCUT2D eigenvalue weighted by Gasteiger charge is -2.27. The van der Waals surface area contributed by atoms with Crippen molar-refractivity contribution in [2.45, 2.75) is 39.2 Å². The third-order valence-electron chi connectivity index (χ3n) is 3.97. The summed E-state index contributed by atoms with van der Waals surface area (Å²) in [5, 5.41) is 4.62. The maximum absolute atomic E-state index is 5.22. The number of thiazole rings is 1. The maximum Gasteiger partial charge on any atom is 0.118 e. The van der Waals surface area contributed by atoms with Crippen molar-refractivity contribution in [3.05, 3.63) is 45.4 Å². The van der Waals surface area contributed by atoms with Crippen molar-refractivity contribution in [2.75, 3.05) is 14.2 Å². The highest BCUT2D eigenvalue weighted by atomic mass is 32.1. The number of aryl methyl sites for hydroxylation is 2. The Hall–Kier alpha value is -1.39. The number of rotatable bonds is 6. The van der Waals surface area contributed by atoms with Crippen molar-refractivity contribution in [3.63, 3.8) is 0 Å². The lowest BCUT2D eigenvalue weighted by Crippen LogP contribution is -2.39. The summed E-state index contributed by atoms with van der Waals surface area (Å²) < 4.78 is 5.22. The van der Waals surface area contributed by atoms with Gasteiger partial charge in [0, 0.05) is 4.88 Å². The number of ether oxygens (including phenoxy) is 1. The molecule has 1 aromatic heterocycles. The molecule has 0 amide bonds. The predicted molar refractivity (Wildman–Crippen MR) is 89.3 cm³/mol. The van der Waals surface area contributed by atoms with E-state index in [2.05, 4.69) is 38.2 Å². The minimum absolute atomic E-state index is 0.141. The Morgan fingerprint density at radius 3 is 2.43 bits per heavy atom. The number of hydrogen-bond acceptors (Lipinski definition) is 4. The van der Waals surface area contributed by atoms with Crippen LogP contribution in [0.1, 0.15) is 35.0 Å². The van der Waals surface area contributed by atoms with Gasteiger partial charge in [0.05, 0.1) is 18.3 Å². The molecular weight excluding hydrogens is 280 g/mol. The van der Waals surface area contributed by atoms with Gasteiger partial charge in [-0.1, -0.05) is 19.1 Å². The van der Waals surface area contributed by atoms with Crippen molar-refractivity contribution >= 4 is 11.3 Å². The zero-order valence-electron chi connectivity index (χ0n) is 13.5. The first-order chi connectivity index (χ1) is 10.0. The smallest absolute Gasteiger partial charge is 0.118 e. The minimum atomic E-state index is -0.141. The molecule has 114 valence electrons. The van der Waals surface area contributed by atoms with Crippen LogP contribution in [0.5, 0.6) is 5.75 Å². The van der Waals surface area contributed by atoms with Gasteiger partial charge in [0.25, 0.3) is 0 Å². The summed E-state index contributed by atoms with van der Waals surface area (Å²) in [4.78, 5) is 6.16. The molecule has 1 heterocycles. The maximum atomic E-state index is 5.22. The van der Waals surface area contributed by atoms with Gasteiger partial charge in [0.2, 0.25) is 0 Å². The molecule has 0 aliphatic rings. The summed E-state index contributed by atoms with van der Waals surface area (Å²) in [5.41, 5.74) is 2.35. The van der Waals surface area contributed by atoms with Crippen LogP contribution in [0.4, 0.5) is 0 Å². The summed E-state index contributed by atoms with van der Waals surface area (Å²) in [6.45, 7) is 6.53. The Morgan fingerprint density at radius 1 is 1.29 bits per heavy atom. The lowest BCUT2D eigenvalue weighted by molar-refractivity contribution is 0.393. The van der Waals surface area contributed by atoms with Gasteiger partial charge in [-0.3, -0.25) is 0 Å². The Balaban J connectivity index is 2.26. The highest BCUT2D eigenvalue weighted by Crippen LogP contribution is 2.31. The fourth-order valence-corrected chi connectivity index (χ4v) is 3.57. The van der Waals surface area contributed by atoms with Crippen molar-refractivity contribution in [1.29, 1.82) is 0 Å². The van der Waals surface area contributed by atoms with Gasteiger partial charge in [-0.05, 0) is 51.4 Å².